The van der Waals surface area contributed by atoms with Crippen LogP contribution in [-0.2, 0) is 9.53 Å². The van der Waals surface area contributed by atoms with Gasteiger partial charge in [-0.3, -0.25) is 9.59 Å². The summed E-state index contributed by atoms with van der Waals surface area (Å²) in [4.78, 5) is 36.8. The Balaban J connectivity index is 1.73. The van der Waals surface area contributed by atoms with Crippen molar-refractivity contribution >= 4 is 29.2 Å². The maximum absolute atomic E-state index is 12.8. The van der Waals surface area contributed by atoms with Gasteiger partial charge in [0.15, 0.2) is 5.69 Å². The van der Waals surface area contributed by atoms with E-state index in [0.29, 0.717) is 22.6 Å². The summed E-state index contributed by atoms with van der Waals surface area (Å²) in [5.41, 5.74) is 1.85. The minimum Gasteiger partial charge on any atom is -0.461 e. The highest BCUT2D eigenvalue weighted by molar-refractivity contribution is 6.05. The Bertz CT molecular complexity index is 1140. The maximum Gasteiger partial charge on any atom is 0.358 e. The van der Waals surface area contributed by atoms with Gasteiger partial charge >= 0.3 is 5.97 Å². The van der Waals surface area contributed by atoms with Crippen molar-refractivity contribution < 1.29 is 19.1 Å². The van der Waals surface area contributed by atoms with E-state index in [9.17, 15) is 14.4 Å². The maximum atomic E-state index is 12.8. The molecule has 0 bridgehead atoms. The predicted molar refractivity (Wildman–Crippen MR) is 122 cm³/mol. The van der Waals surface area contributed by atoms with Gasteiger partial charge in [-0.25, -0.2) is 9.48 Å². The van der Waals surface area contributed by atoms with E-state index in [1.54, 1.807) is 67.7 Å². The Hall–Kier alpha value is -3.94. The van der Waals surface area contributed by atoms with Crippen LogP contribution >= 0.6 is 0 Å². The molecule has 0 spiro atoms. The lowest BCUT2D eigenvalue weighted by molar-refractivity contribution is -0.123. The molecule has 0 atom stereocenters. The van der Waals surface area contributed by atoms with Crippen molar-refractivity contribution in [3.8, 4) is 5.69 Å². The Morgan fingerprint density at radius 1 is 0.969 bits per heavy atom. The number of amides is 2. The quantitative estimate of drug-likeness (QED) is 0.564. The monoisotopic (exact) mass is 434 g/mol. The fourth-order valence-corrected chi connectivity index (χ4v) is 2.77. The number of aromatic nitrogens is 2. The minimum absolute atomic E-state index is 0.135. The molecule has 0 radical (unpaired) electrons. The van der Waals surface area contributed by atoms with E-state index in [0.717, 1.165) is 0 Å². The average molecular weight is 434 g/mol. The lowest BCUT2D eigenvalue weighted by Crippen LogP contribution is -2.27. The third-order valence-corrected chi connectivity index (χ3v) is 4.51. The van der Waals surface area contributed by atoms with Crippen LogP contribution in [0.4, 0.5) is 11.4 Å². The van der Waals surface area contributed by atoms with Crippen molar-refractivity contribution in [3.05, 3.63) is 72.1 Å². The number of carbonyl (C=O) groups excluding carboxylic acids is 3. The zero-order valence-corrected chi connectivity index (χ0v) is 18.5. The lowest BCUT2D eigenvalue weighted by Gasteiger charge is -2.18. The number of benzene rings is 2. The molecular formula is C24H26N4O4. The molecule has 0 saturated carbocycles. The van der Waals surface area contributed by atoms with Gasteiger partial charge in [0.25, 0.3) is 5.91 Å². The number of hydrogen-bond acceptors (Lipinski definition) is 5. The van der Waals surface area contributed by atoms with Gasteiger partial charge in [-0.2, -0.15) is 5.10 Å². The van der Waals surface area contributed by atoms with E-state index < -0.39 is 11.4 Å². The molecule has 0 saturated heterocycles. The van der Waals surface area contributed by atoms with Crippen molar-refractivity contribution in [2.24, 2.45) is 5.41 Å². The molecule has 2 aromatic carbocycles. The van der Waals surface area contributed by atoms with Gasteiger partial charge in [0.05, 0.1) is 12.3 Å². The van der Waals surface area contributed by atoms with Crippen LogP contribution < -0.4 is 10.6 Å². The number of anilines is 2. The van der Waals surface area contributed by atoms with E-state index in [-0.39, 0.29) is 24.1 Å². The Kier molecular flexibility index (Phi) is 6.73. The summed E-state index contributed by atoms with van der Waals surface area (Å²) in [6, 6.07) is 15.4. The van der Waals surface area contributed by atoms with E-state index in [2.05, 4.69) is 15.7 Å². The first kappa shape index (κ1) is 22.7. The SMILES string of the molecule is CCOC(=O)c1ccn(-c2cccc(NC(=O)c3cccc(NC(=O)C(C)(C)C)c3)c2)n1. The van der Waals surface area contributed by atoms with Crippen molar-refractivity contribution in [2.75, 3.05) is 17.2 Å². The number of nitrogens with zero attached hydrogens (tertiary/aromatic N) is 2. The van der Waals surface area contributed by atoms with Crippen LogP contribution in [0.25, 0.3) is 5.69 Å². The summed E-state index contributed by atoms with van der Waals surface area (Å²) in [6.07, 6.45) is 1.65. The first-order valence-corrected chi connectivity index (χ1v) is 10.2. The minimum atomic E-state index is -0.543. The van der Waals surface area contributed by atoms with Gasteiger partial charge in [0.2, 0.25) is 5.91 Å². The summed E-state index contributed by atoms with van der Waals surface area (Å²) in [5.74, 6) is -0.944. The highest BCUT2D eigenvalue weighted by Crippen LogP contribution is 2.20. The number of rotatable bonds is 6. The third-order valence-electron chi connectivity index (χ3n) is 4.51. The number of esters is 1. The molecule has 3 rings (SSSR count). The first-order chi connectivity index (χ1) is 15.2. The highest BCUT2D eigenvalue weighted by atomic mass is 16.5. The smallest absolute Gasteiger partial charge is 0.358 e. The Morgan fingerprint density at radius 3 is 2.34 bits per heavy atom. The van der Waals surface area contributed by atoms with Crippen LogP contribution in [0.1, 0.15) is 48.5 Å². The molecule has 2 N–H and O–H groups in total. The van der Waals surface area contributed by atoms with Gasteiger partial charge in [-0.15, -0.1) is 0 Å². The molecule has 2 amide bonds. The van der Waals surface area contributed by atoms with E-state index in [1.165, 1.54) is 4.68 Å². The highest BCUT2D eigenvalue weighted by Gasteiger charge is 2.21. The first-order valence-electron chi connectivity index (χ1n) is 10.2. The normalized spacial score (nSPS) is 11.0. The molecule has 8 heteroatoms. The third kappa shape index (κ3) is 5.60. The molecule has 3 aromatic rings. The molecule has 0 unspecified atom stereocenters. The largest absolute Gasteiger partial charge is 0.461 e. The molecule has 1 aromatic heterocycles. The topological polar surface area (TPSA) is 102 Å². The second-order valence-corrected chi connectivity index (χ2v) is 8.16. The van der Waals surface area contributed by atoms with Gasteiger partial charge in [-0.05, 0) is 49.4 Å². The van der Waals surface area contributed by atoms with Gasteiger partial charge in [0, 0.05) is 28.6 Å². The van der Waals surface area contributed by atoms with E-state index >= 15 is 0 Å². The standard InChI is InChI=1S/C24H26N4O4/c1-5-32-22(30)20-12-13-28(27-20)19-11-7-10-18(15-19)25-21(29)16-8-6-9-17(14-16)26-23(31)24(2,3)4/h6-15H,5H2,1-4H3,(H,25,29)(H,26,31). The zero-order chi connectivity index (χ0) is 23.3. The number of carbonyl (C=O) groups is 3. The molecule has 0 aliphatic heterocycles. The summed E-state index contributed by atoms with van der Waals surface area (Å²) in [6.45, 7) is 7.47. The summed E-state index contributed by atoms with van der Waals surface area (Å²) >= 11 is 0. The van der Waals surface area contributed by atoms with Crippen molar-refractivity contribution in [3.63, 3.8) is 0 Å². The Morgan fingerprint density at radius 2 is 1.66 bits per heavy atom. The zero-order valence-electron chi connectivity index (χ0n) is 18.5. The molecular weight excluding hydrogens is 408 g/mol. The number of nitrogens with one attached hydrogen (secondary N) is 2. The van der Waals surface area contributed by atoms with Crippen LogP contribution in [-0.4, -0.2) is 34.2 Å². The fraction of sp³-hybridized carbons (Fsp3) is 0.250. The molecule has 0 aliphatic rings. The number of ether oxygens (including phenoxy) is 1. The van der Waals surface area contributed by atoms with Crippen LogP contribution in [0.2, 0.25) is 0 Å². The summed E-state index contributed by atoms with van der Waals surface area (Å²) in [5, 5.41) is 9.89. The van der Waals surface area contributed by atoms with E-state index in [4.69, 9.17) is 4.74 Å². The second kappa shape index (κ2) is 9.47. The molecule has 0 fully saturated rings. The fourth-order valence-electron chi connectivity index (χ4n) is 2.77. The number of hydrogen-bond donors (Lipinski definition) is 2. The van der Waals surface area contributed by atoms with Crippen LogP contribution in [0.3, 0.4) is 0 Å². The molecule has 32 heavy (non-hydrogen) atoms. The molecule has 0 aliphatic carbocycles. The lowest BCUT2D eigenvalue weighted by atomic mass is 9.95. The van der Waals surface area contributed by atoms with Crippen LogP contribution in [0.15, 0.2) is 60.8 Å². The molecule has 1 heterocycles. The van der Waals surface area contributed by atoms with Gasteiger partial charge < -0.3 is 15.4 Å². The summed E-state index contributed by atoms with van der Waals surface area (Å²) in [7, 11) is 0. The second-order valence-electron chi connectivity index (χ2n) is 8.16. The molecule has 166 valence electrons. The van der Waals surface area contributed by atoms with Crippen LogP contribution in [0.5, 0.6) is 0 Å². The van der Waals surface area contributed by atoms with Gasteiger partial charge in [-0.1, -0.05) is 32.9 Å². The van der Waals surface area contributed by atoms with Crippen LogP contribution in [0, 0.1) is 5.41 Å². The van der Waals surface area contributed by atoms with Crippen molar-refractivity contribution in [2.45, 2.75) is 27.7 Å². The van der Waals surface area contributed by atoms with Crippen molar-refractivity contribution in [1.29, 1.82) is 0 Å². The molecule has 8 nitrogen and oxygen atoms in total. The average Bonchev–Trinajstić information content (AvgIpc) is 3.24. The Labute approximate surface area is 186 Å². The summed E-state index contributed by atoms with van der Waals surface area (Å²) < 4.78 is 6.49. The van der Waals surface area contributed by atoms with E-state index in [1.807, 2.05) is 20.8 Å². The van der Waals surface area contributed by atoms with Gasteiger partial charge in [0.1, 0.15) is 0 Å². The predicted octanol–water partition coefficient (Wildman–Crippen LogP) is 4.29. The van der Waals surface area contributed by atoms with Crippen molar-refractivity contribution in [1.82, 2.24) is 9.78 Å².